The maximum Gasteiger partial charge on any atom is 0.227 e. The van der Waals surface area contributed by atoms with Crippen LogP contribution in [0.3, 0.4) is 0 Å². The van der Waals surface area contributed by atoms with Gasteiger partial charge in [0.25, 0.3) is 0 Å². The number of aromatic nitrogens is 5. The van der Waals surface area contributed by atoms with Crippen LogP contribution in [-0.2, 0) is 6.54 Å². The molecule has 0 saturated heterocycles. The van der Waals surface area contributed by atoms with Crippen molar-refractivity contribution < 1.29 is 0 Å². The molecule has 2 aromatic heterocycles. The van der Waals surface area contributed by atoms with E-state index in [2.05, 4.69) is 29.9 Å². The van der Waals surface area contributed by atoms with Gasteiger partial charge in [0.05, 0.1) is 12.2 Å². The first-order valence-electron chi connectivity index (χ1n) is 3.79. The molecule has 0 spiro atoms. The molecule has 0 amide bonds. The van der Waals surface area contributed by atoms with Gasteiger partial charge in [-0.05, 0) is 11.5 Å². The molecule has 3 N–H and O–H groups in total. The summed E-state index contributed by atoms with van der Waals surface area (Å²) in [5, 5.41) is 8.65. The van der Waals surface area contributed by atoms with Gasteiger partial charge in [0, 0.05) is 5.38 Å². The molecule has 0 aliphatic heterocycles. The molecule has 14 heavy (non-hydrogen) atoms. The Morgan fingerprint density at radius 2 is 2.36 bits per heavy atom. The van der Waals surface area contributed by atoms with Gasteiger partial charge < -0.3 is 11.1 Å². The Morgan fingerprint density at radius 3 is 3.07 bits per heavy atom. The molecule has 0 bridgehead atoms. The molecule has 72 valence electrons. The first-order chi connectivity index (χ1) is 6.84. The summed E-state index contributed by atoms with van der Waals surface area (Å²) in [5.74, 6) is 0.629. The standard InChI is InChI=1S/C6H7N7S/c7-5-9-3-10-6(11-5)8-1-4-2-14-13-12-4/h2-3H,1H2,(H3,7,8,9,10,11). The minimum absolute atomic E-state index is 0.193. The summed E-state index contributed by atoms with van der Waals surface area (Å²) in [4.78, 5) is 11.4. The molecule has 2 rings (SSSR count). The van der Waals surface area contributed by atoms with Crippen molar-refractivity contribution in [2.24, 2.45) is 0 Å². The second kappa shape index (κ2) is 3.92. The highest BCUT2D eigenvalue weighted by molar-refractivity contribution is 7.03. The highest BCUT2D eigenvalue weighted by atomic mass is 32.1. The first kappa shape index (κ1) is 8.75. The molecule has 0 unspecified atom stereocenters. The van der Waals surface area contributed by atoms with Crippen molar-refractivity contribution in [2.75, 3.05) is 11.1 Å². The van der Waals surface area contributed by atoms with Crippen molar-refractivity contribution in [1.29, 1.82) is 0 Å². The van der Waals surface area contributed by atoms with Crippen molar-refractivity contribution in [3.63, 3.8) is 0 Å². The van der Waals surface area contributed by atoms with Gasteiger partial charge in [0.1, 0.15) is 6.33 Å². The monoisotopic (exact) mass is 209 g/mol. The number of nitrogens with two attached hydrogens (primary N) is 1. The number of anilines is 2. The maximum absolute atomic E-state index is 5.38. The lowest BCUT2D eigenvalue weighted by atomic mass is 10.5. The van der Waals surface area contributed by atoms with Crippen LogP contribution in [0.1, 0.15) is 5.69 Å². The van der Waals surface area contributed by atoms with E-state index in [9.17, 15) is 0 Å². The molecule has 2 aromatic rings. The molecule has 0 aliphatic rings. The lowest BCUT2D eigenvalue weighted by Gasteiger charge is -2.00. The molecular weight excluding hydrogens is 202 g/mol. The average Bonchev–Trinajstić information content (AvgIpc) is 2.67. The van der Waals surface area contributed by atoms with Gasteiger partial charge >= 0.3 is 0 Å². The summed E-state index contributed by atoms with van der Waals surface area (Å²) in [6, 6.07) is 0. The van der Waals surface area contributed by atoms with Gasteiger partial charge in [-0.3, -0.25) is 0 Å². The zero-order chi connectivity index (χ0) is 9.80. The molecule has 0 atom stereocenters. The van der Waals surface area contributed by atoms with Gasteiger partial charge in [-0.25, -0.2) is 9.97 Å². The fourth-order valence-electron chi connectivity index (χ4n) is 0.825. The van der Waals surface area contributed by atoms with Crippen molar-refractivity contribution >= 4 is 23.4 Å². The minimum atomic E-state index is 0.193. The van der Waals surface area contributed by atoms with Crippen molar-refractivity contribution in [2.45, 2.75) is 6.54 Å². The van der Waals surface area contributed by atoms with E-state index in [1.165, 1.54) is 17.9 Å². The van der Waals surface area contributed by atoms with Crippen LogP contribution in [0, 0.1) is 0 Å². The fraction of sp³-hybridized carbons (Fsp3) is 0.167. The van der Waals surface area contributed by atoms with Gasteiger partial charge in [-0.2, -0.15) is 4.98 Å². The Hall–Kier alpha value is -1.83. The summed E-state index contributed by atoms with van der Waals surface area (Å²) in [6.07, 6.45) is 1.35. The molecule has 7 nitrogen and oxygen atoms in total. The Kier molecular flexibility index (Phi) is 2.45. The quantitative estimate of drug-likeness (QED) is 0.728. The van der Waals surface area contributed by atoms with E-state index in [0.29, 0.717) is 12.5 Å². The Bertz CT molecular complexity index is 400. The third-order valence-electron chi connectivity index (χ3n) is 1.42. The molecular formula is C6H7N7S. The maximum atomic E-state index is 5.38. The first-order valence-corrected chi connectivity index (χ1v) is 4.62. The van der Waals surface area contributed by atoms with E-state index in [4.69, 9.17) is 5.73 Å². The van der Waals surface area contributed by atoms with Crippen LogP contribution >= 0.6 is 11.5 Å². The fourth-order valence-corrected chi connectivity index (χ4v) is 1.28. The molecule has 0 radical (unpaired) electrons. The molecule has 0 saturated carbocycles. The summed E-state index contributed by atoms with van der Waals surface area (Å²) < 4.78 is 3.73. The van der Waals surface area contributed by atoms with Gasteiger partial charge in [-0.1, -0.05) is 4.49 Å². The molecule has 2 heterocycles. The average molecular weight is 209 g/mol. The lowest BCUT2D eigenvalue weighted by molar-refractivity contribution is 0.960. The predicted octanol–water partition coefficient (Wildman–Crippen LogP) is -0.0826. The normalized spacial score (nSPS) is 10.0. The van der Waals surface area contributed by atoms with E-state index in [1.807, 2.05) is 5.38 Å². The molecule has 0 aromatic carbocycles. The topological polar surface area (TPSA) is 102 Å². The molecule has 0 fully saturated rings. The van der Waals surface area contributed by atoms with E-state index in [1.54, 1.807) is 0 Å². The van der Waals surface area contributed by atoms with Gasteiger partial charge in [0.15, 0.2) is 0 Å². The third kappa shape index (κ3) is 2.10. The lowest BCUT2D eigenvalue weighted by Crippen LogP contribution is -2.06. The third-order valence-corrected chi connectivity index (χ3v) is 1.98. The van der Waals surface area contributed by atoms with Crippen molar-refractivity contribution in [3.05, 3.63) is 17.4 Å². The smallest absolute Gasteiger partial charge is 0.227 e. The Morgan fingerprint density at radius 1 is 1.43 bits per heavy atom. The van der Waals surface area contributed by atoms with Crippen LogP contribution in [0.5, 0.6) is 0 Å². The number of nitrogens with zero attached hydrogens (tertiary/aromatic N) is 5. The van der Waals surface area contributed by atoms with Gasteiger partial charge in [-0.15, -0.1) is 5.10 Å². The zero-order valence-electron chi connectivity index (χ0n) is 7.08. The number of nitrogens with one attached hydrogen (secondary N) is 1. The van der Waals surface area contributed by atoms with Crippen molar-refractivity contribution in [1.82, 2.24) is 24.5 Å². The van der Waals surface area contributed by atoms with Crippen LogP contribution < -0.4 is 11.1 Å². The van der Waals surface area contributed by atoms with E-state index < -0.39 is 0 Å². The van der Waals surface area contributed by atoms with E-state index >= 15 is 0 Å². The number of hydrogen-bond donors (Lipinski definition) is 2. The highest BCUT2D eigenvalue weighted by Crippen LogP contribution is 2.02. The van der Waals surface area contributed by atoms with Gasteiger partial charge in [0.2, 0.25) is 11.9 Å². The summed E-state index contributed by atoms with van der Waals surface area (Å²) in [6.45, 7) is 0.528. The Balaban J connectivity index is 1.98. The van der Waals surface area contributed by atoms with Crippen LogP contribution in [0.4, 0.5) is 11.9 Å². The zero-order valence-corrected chi connectivity index (χ0v) is 7.90. The van der Waals surface area contributed by atoms with E-state index in [-0.39, 0.29) is 5.95 Å². The number of hydrogen-bond acceptors (Lipinski definition) is 8. The van der Waals surface area contributed by atoms with Crippen LogP contribution in [0.25, 0.3) is 0 Å². The predicted molar refractivity (Wildman–Crippen MR) is 51.5 cm³/mol. The SMILES string of the molecule is Nc1ncnc(NCc2csnn2)n1. The summed E-state index contributed by atoms with van der Waals surface area (Å²) in [5.41, 5.74) is 6.22. The molecule has 0 aliphatic carbocycles. The highest BCUT2D eigenvalue weighted by Gasteiger charge is 1.99. The molecule has 8 heteroatoms. The number of nitrogen functional groups attached to an aromatic ring is 1. The largest absolute Gasteiger partial charge is 0.368 e. The van der Waals surface area contributed by atoms with Crippen LogP contribution in [-0.4, -0.2) is 24.5 Å². The number of rotatable bonds is 3. The Labute approximate surface area is 83.6 Å². The van der Waals surface area contributed by atoms with Crippen LogP contribution in [0.15, 0.2) is 11.7 Å². The van der Waals surface area contributed by atoms with E-state index in [0.717, 1.165) is 5.69 Å². The minimum Gasteiger partial charge on any atom is -0.368 e. The summed E-state index contributed by atoms with van der Waals surface area (Å²) in [7, 11) is 0. The van der Waals surface area contributed by atoms with Crippen LogP contribution in [0.2, 0.25) is 0 Å². The summed E-state index contributed by atoms with van der Waals surface area (Å²) >= 11 is 1.30. The second-order valence-corrected chi connectivity index (χ2v) is 3.03. The van der Waals surface area contributed by atoms with Crippen molar-refractivity contribution in [3.8, 4) is 0 Å². The second-order valence-electron chi connectivity index (χ2n) is 2.42.